The zero-order valence-electron chi connectivity index (χ0n) is 8.93. The smallest absolute Gasteiger partial charge is 0.224 e. The molecule has 0 atom stereocenters. The van der Waals surface area contributed by atoms with Crippen LogP contribution in [0.1, 0.15) is 10.6 Å². The van der Waals surface area contributed by atoms with Crippen molar-refractivity contribution in [3.8, 4) is 10.4 Å². The van der Waals surface area contributed by atoms with E-state index in [9.17, 15) is 4.79 Å². The molecule has 2 rings (SSSR count). The van der Waals surface area contributed by atoms with E-state index in [-0.39, 0.29) is 12.3 Å². The summed E-state index contributed by atoms with van der Waals surface area (Å²) in [7, 11) is 0. The molecule has 2 N–H and O–H groups in total. The summed E-state index contributed by atoms with van der Waals surface area (Å²) in [5, 5.41) is 0.767. The lowest BCUT2D eigenvalue weighted by Crippen LogP contribution is -2.13. The molecule has 0 aliphatic rings. The van der Waals surface area contributed by atoms with E-state index >= 15 is 0 Å². The highest BCUT2D eigenvalue weighted by Gasteiger charge is 2.06. The summed E-state index contributed by atoms with van der Waals surface area (Å²) >= 11 is 1.51. The van der Waals surface area contributed by atoms with E-state index in [4.69, 9.17) is 5.73 Å². The SMILES string of the molecule is Cc1ccc(-c2cnc(CC(N)=O)s2)cc1. The molecule has 1 aromatic heterocycles. The maximum absolute atomic E-state index is 10.7. The Bertz CT molecular complexity index is 502. The van der Waals surface area contributed by atoms with Gasteiger partial charge in [-0.05, 0) is 12.5 Å². The number of aryl methyl sites for hydroxylation is 1. The average Bonchev–Trinajstić information content (AvgIpc) is 2.66. The van der Waals surface area contributed by atoms with Gasteiger partial charge in [0.2, 0.25) is 5.91 Å². The molecular weight excluding hydrogens is 220 g/mol. The second-order valence-corrected chi connectivity index (χ2v) is 4.74. The van der Waals surface area contributed by atoms with Crippen LogP contribution in [0.5, 0.6) is 0 Å². The van der Waals surface area contributed by atoms with Gasteiger partial charge >= 0.3 is 0 Å². The Balaban J connectivity index is 2.24. The Kier molecular flexibility index (Phi) is 3.01. The van der Waals surface area contributed by atoms with Gasteiger partial charge in [-0.2, -0.15) is 0 Å². The molecular formula is C12H12N2OS. The van der Waals surface area contributed by atoms with E-state index in [0.717, 1.165) is 15.4 Å². The number of primary amides is 1. The minimum atomic E-state index is -0.343. The van der Waals surface area contributed by atoms with Crippen molar-refractivity contribution in [1.29, 1.82) is 0 Å². The lowest BCUT2D eigenvalue weighted by atomic mass is 10.1. The fourth-order valence-electron chi connectivity index (χ4n) is 1.39. The molecule has 0 aliphatic heterocycles. The fraction of sp³-hybridized carbons (Fsp3) is 0.167. The number of thiazole rings is 1. The molecule has 0 fully saturated rings. The van der Waals surface area contributed by atoms with E-state index in [1.807, 2.05) is 0 Å². The van der Waals surface area contributed by atoms with Crippen LogP contribution >= 0.6 is 11.3 Å². The number of nitrogens with two attached hydrogens (primary N) is 1. The standard InChI is InChI=1S/C12H12N2OS/c1-8-2-4-9(5-3-8)10-7-14-12(16-10)6-11(13)15/h2-5,7H,6H2,1H3,(H2,13,15). The third-order valence-electron chi connectivity index (χ3n) is 2.22. The van der Waals surface area contributed by atoms with Crippen molar-refractivity contribution in [2.45, 2.75) is 13.3 Å². The number of aromatic nitrogens is 1. The van der Waals surface area contributed by atoms with Gasteiger partial charge in [0.15, 0.2) is 0 Å². The first kappa shape index (κ1) is 10.8. The van der Waals surface area contributed by atoms with Crippen LogP contribution in [-0.2, 0) is 11.2 Å². The first-order chi connectivity index (χ1) is 7.65. The Morgan fingerprint density at radius 2 is 2.06 bits per heavy atom. The Labute approximate surface area is 97.9 Å². The van der Waals surface area contributed by atoms with Crippen LogP contribution in [0.2, 0.25) is 0 Å². The van der Waals surface area contributed by atoms with E-state index in [1.165, 1.54) is 16.9 Å². The van der Waals surface area contributed by atoms with Gasteiger partial charge < -0.3 is 5.73 Å². The highest BCUT2D eigenvalue weighted by atomic mass is 32.1. The van der Waals surface area contributed by atoms with E-state index in [1.54, 1.807) is 6.20 Å². The monoisotopic (exact) mass is 232 g/mol. The van der Waals surface area contributed by atoms with Gasteiger partial charge in [-0.15, -0.1) is 11.3 Å². The number of carbonyl (C=O) groups excluding carboxylic acids is 1. The van der Waals surface area contributed by atoms with Crippen molar-refractivity contribution in [2.75, 3.05) is 0 Å². The molecule has 16 heavy (non-hydrogen) atoms. The summed E-state index contributed by atoms with van der Waals surface area (Å²) in [5.74, 6) is -0.343. The van der Waals surface area contributed by atoms with Crippen molar-refractivity contribution < 1.29 is 4.79 Å². The lowest BCUT2D eigenvalue weighted by molar-refractivity contribution is -0.117. The summed E-state index contributed by atoms with van der Waals surface area (Å²) in [6.07, 6.45) is 2.00. The molecule has 2 aromatic rings. The van der Waals surface area contributed by atoms with Gasteiger partial charge in [-0.25, -0.2) is 4.98 Å². The molecule has 1 heterocycles. The fourth-order valence-corrected chi connectivity index (χ4v) is 2.33. The maximum Gasteiger partial charge on any atom is 0.224 e. The van der Waals surface area contributed by atoms with Gasteiger partial charge in [-0.1, -0.05) is 29.8 Å². The Hall–Kier alpha value is -1.68. The molecule has 0 aliphatic carbocycles. The van der Waals surface area contributed by atoms with E-state index in [0.29, 0.717) is 0 Å². The first-order valence-corrected chi connectivity index (χ1v) is 5.77. The largest absolute Gasteiger partial charge is 0.369 e. The summed E-state index contributed by atoms with van der Waals surface area (Å²) in [6, 6.07) is 8.22. The minimum Gasteiger partial charge on any atom is -0.369 e. The number of benzene rings is 1. The molecule has 0 bridgehead atoms. The molecule has 0 radical (unpaired) electrons. The van der Waals surface area contributed by atoms with Crippen LogP contribution in [0.3, 0.4) is 0 Å². The summed E-state index contributed by atoms with van der Waals surface area (Å²) in [5.41, 5.74) is 7.47. The summed E-state index contributed by atoms with van der Waals surface area (Å²) in [6.45, 7) is 2.05. The average molecular weight is 232 g/mol. The quantitative estimate of drug-likeness (QED) is 0.881. The van der Waals surface area contributed by atoms with Crippen molar-refractivity contribution in [3.05, 3.63) is 41.0 Å². The molecule has 82 valence electrons. The molecule has 0 spiro atoms. The third kappa shape index (κ3) is 2.46. The minimum absolute atomic E-state index is 0.219. The topological polar surface area (TPSA) is 56.0 Å². The van der Waals surface area contributed by atoms with Crippen molar-refractivity contribution in [2.24, 2.45) is 5.73 Å². The summed E-state index contributed by atoms with van der Waals surface area (Å²) < 4.78 is 0. The van der Waals surface area contributed by atoms with Crippen LogP contribution < -0.4 is 5.73 Å². The van der Waals surface area contributed by atoms with Crippen LogP contribution in [0.4, 0.5) is 0 Å². The highest BCUT2D eigenvalue weighted by molar-refractivity contribution is 7.15. The van der Waals surface area contributed by atoms with Gasteiger partial charge in [-0.3, -0.25) is 4.79 Å². The Morgan fingerprint density at radius 1 is 1.38 bits per heavy atom. The van der Waals surface area contributed by atoms with Gasteiger partial charge in [0.25, 0.3) is 0 Å². The molecule has 4 heteroatoms. The first-order valence-electron chi connectivity index (χ1n) is 4.95. The zero-order chi connectivity index (χ0) is 11.5. The normalized spacial score (nSPS) is 10.3. The molecule has 0 unspecified atom stereocenters. The number of hydrogen-bond acceptors (Lipinski definition) is 3. The van der Waals surface area contributed by atoms with Crippen LogP contribution in [0, 0.1) is 6.92 Å². The molecule has 1 amide bonds. The van der Waals surface area contributed by atoms with Crippen molar-refractivity contribution in [3.63, 3.8) is 0 Å². The predicted octanol–water partition coefficient (Wildman–Crippen LogP) is 2.15. The highest BCUT2D eigenvalue weighted by Crippen LogP contribution is 2.26. The van der Waals surface area contributed by atoms with Gasteiger partial charge in [0.1, 0.15) is 5.01 Å². The molecule has 3 nitrogen and oxygen atoms in total. The second-order valence-electron chi connectivity index (χ2n) is 3.63. The number of nitrogens with zero attached hydrogens (tertiary/aromatic N) is 1. The Morgan fingerprint density at radius 3 is 2.69 bits per heavy atom. The summed E-state index contributed by atoms with van der Waals surface area (Å²) in [4.78, 5) is 16.0. The van der Waals surface area contributed by atoms with Crippen LogP contribution in [-0.4, -0.2) is 10.9 Å². The van der Waals surface area contributed by atoms with Crippen molar-refractivity contribution >= 4 is 17.2 Å². The lowest BCUT2D eigenvalue weighted by Gasteiger charge is -1.96. The molecule has 0 saturated heterocycles. The van der Waals surface area contributed by atoms with E-state index in [2.05, 4.69) is 36.2 Å². The zero-order valence-corrected chi connectivity index (χ0v) is 9.75. The van der Waals surface area contributed by atoms with Crippen molar-refractivity contribution in [1.82, 2.24) is 4.98 Å². The van der Waals surface area contributed by atoms with Gasteiger partial charge in [0.05, 0.1) is 11.3 Å². The molecule has 1 aromatic carbocycles. The van der Waals surface area contributed by atoms with Crippen LogP contribution in [0.15, 0.2) is 30.5 Å². The second kappa shape index (κ2) is 4.45. The molecule has 0 saturated carbocycles. The number of carbonyl (C=O) groups is 1. The van der Waals surface area contributed by atoms with Gasteiger partial charge in [0, 0.05) is 6.20 Å². The van der Waals surface area contributed by atoms with Crippen LogP contribution in [0.25, 0.3) is 10.4 Å². The predicted molar refractivity (Wildman–Crippen MR) is 65.2 cm³/mol. The van der Waals surface area contributed by atoms with E-state index < -0.39 is 0 Å². The maximum atomic E-state index is 10.7. The number of hydrogen-bond donors (Lipinski definition) is 1. The number of amides is 1. The number of rotatable bonds is 3. The third-order valence-corrected chi connectivity index (χ3v) is 3.26.